The van der Waals surface area contributed by atoms with E-state index < -0.39 is 0 Å². The maximum atomic E-state index is 8.10. The molecule has 0 aliphatic carbocycles. The normalized spacial score (nSPS) is 10.9. The van der Waals surface area contributed by atoms with Crippen LogP contribution >= 0.6 is 0 Å². The van der Waals surface area contributed by atoms with E-state index in [9.17, 15) is 0 Å². The largest absolute Gasteiger partial charge is 0.367 e. The Labute approximate surface area is 104 Å². The average molecular weight is 233 g/mol. The van der Waals surface area contributed by atoms with Gasteiger partial charge in [-0.15, -0.1) is 0 Å². The number of rotatable bonds is 6. The van der Waals surface area contributed by atoms with E-state index in [4.69, 9.17) is 5.41 Å². The van der Waals surface area contributed by atoms with Crippen LogP contribution in [-0.2, 0) is 0 Å². The van der Waals surface area contributed by atoms with Gasteiger partial charge < -0.3 is 10.7 Å². The summed E-state index contributed by atoms with van der Waals surface area (Å²) in [7, 11) is 0. The number of anilines is 1. The Bertz CT molecular complexity index is 367. The highest BCUT2D eigenvalue weighted by molar-refractivity contribution is 6.03. The highest BCUT2D eigenvalue weighted by atomic mass is 15.0. The summed E-state index contributed by atoms with van der Waals surface area (Å²) in [5, 5.41) is 11.5. The standard InChI is InChI=1S/C14H23N3/c1-5-11(6-2)17-14-12(8-7-9-16-14)13(15)10(3)4/h7-11,15H,5-6H2,1-4H3,(H,16,17). The fourth-order valence-electron chi connectivity index (χ4n) is 1.73. The highest BCUT2D eigenvalue weighted by Gasteiger charge is 2.13. The first-order valence-electron chi connectivity index (χ1n) is 6.40. The number of nitrogens with one attached hydrogen (secondary N) is 2. The Kier molecular flexibility index (Phi) is 5.13. The van der Waals surface area contributed by atoms with E-state index in [2.05, 4.69) is 24.1 Å². The molecule has 0 aliphatic heterocycles. The second kappa shape index (κ2) is 6.38. The molecule has 0 saturated heterocycles. The van der Waals surface area contributed by atoms with Crippen molar-refractivity contribution in [3.05, 3.63) is 23.9 Å². The third-order valence-corrected chi connectivity index (χ3v) is 3.00. The SMILES string of the molecule is CCC(CC)Nc1ncccc1C(=N)C(C)C. The minimum absolute atomic E-state index is 0.224. The molecular weight excluding hydrogens is 210 g/mol. The molecule has 0 saturated carbocycles. The van der Waals surface area contributed by atoms with E-state index in [0.717, 1.165) is 24.2 Å². The zero-order chi connectivity index (χ0) is 12.8. The van der Waals surface area contributed by atoms with E-state index in [1.54, 1.807) is 6.20 Å². The monoisotopic (exact) mass is 233 g/mol. The molecule has 0 amide bonds. The minimum Gasteiger partial charge on any atom is -0.367 e. The average Bonchev–Trinajstić information content (AvgIpc) is 2.35. The van der Waals surface area contributed by atoms with Gasteiger partial charge in [-0.25, -0.2) is 4.98 Å². The van der Waals surface area contributed by atoms with E-state index in [0.29, 0.717) is 11.8 Å². The van der Waals surface area contributed by atoms with Gasteiger partial charge in [0.05, 0.1) is 0 Å². The zero-order valence-corrected chi connectivity index (χ0v) is 11.2. The van der Waals surface area contributed by atoms with Crippen LogP contribution < -0.4 is 5.32 Å². The zero-order valence-electron chi connectivity index (χ0n) is 11.2. The van der Waals surface area contributed by atoms with Crippen LogP contribution in [0.4, 0.5) is 5.82 Å². The molecule has 0 spiro atoms. The summed E-state index contributed by atoms with van der Waals surface area (Å²) in [5.41, 5.74) is 1.57. The molecule has 0 fully saturated rings. The summed E-state index contributed by atoms with van der Waals surface area (Å²) < 4.78 is 0. The van der Waals surface area contributed by atoms with Gasteiger partial charge in [0.15, 0.2) is 0 Å². The molecule has 1 heterocycles. The van der Waals surface area contributed by atoms with Crippen LogP contribution in [0.25, 0.3) is 0 Å². The molecule has 2 N–H and O–H groups in total. The van der Waals surface area contributed by atoms with Gasteiger partial charge in [-0.1, -0.05) is 27.7 Å². The van der Waals surface area contributed by atoms with Gasteiger partial charge in [0, 0.05) is 23.5 Å². The van der Waals surface area contributed by atoms with Crippen LogP contribution in [0.5, 0.6) is 0 Å². The van der Waals surface area contributed by atoms with Crippen molar-refractivity contribution in [2.45, 2.75) is 46.6 Å². The second-order valence-electron chi connectivity index (χ2n) is 4.63. The topological polar surface area (TPSA) is 48.8 Å². The maximum Gasteiger partial charge on any atom is 0.135 e. The van der Waals surface area contributed by atoms with Crippen molar-refractivity contribution in [2.24, 2.45) is 5.92 Å². The first-order valence-corrected chi connectivity index (χ1v) is 6.40. The van der Waals surface area contributed by atoms with Crippen molar-refractivity contribution in [3.8, 4) is 0 Å². The number of aromatic nitrogens is 1. The summed E-state index contributed by atoms with van der Waals surface area (Å²) in [6.07, 6.45) is 3.92. The fraction of sp³-hybridized carbons (Fsp3) is 0.571. The van der Waals surface area contributed by atoms with E-state index in [1.165, 1.54) is 0 Å². The molecule has 0 aliphatic rings. The Morgan fingerprint density at radius 2 is 2.00 bits per heavy atom. The van der Waals surface area contributed by atoms with Gasteiger partial charge in [-0.3, -0.25) is 0 Å². The van der Waals surface area contributed by atoms with Gasteiger partial charge in [0.1, 0.15) is 5.82 Å². The van der Waals surface area contributed by atoms with Gasteiger partial charge in [-0.2, -0.15) is 0 Å². The van der Waals surface area contributed by atoms with Gasteiger partial charge in [0.2, 0.25) is 0 Å². The van der Waals surface area contributed by atoms with Crippen molar-refractivity contribution in [2.75, 3.05) is 5.32 Å². The summed E-state index contributed by atoms with van der Waals surface area (Å²) >= 11 is 0. The molecule has 3 nitrogen and oxygen atoms in total. The summed E-state index contributed by atoms with van der Waals surface area (Å²) in [5.74, 6) is 1.07. The Hall–Kier alpha value is -1.38. The molecular formula is C14H23N3. The summed E-state index contributed by atoms with van der Waals surface area (Å²) in [6.45, 7) is 8.40. The van der Waals surface area contributed by atoms with Crippen LogP contribution in [0.15, 0.2) is 18.3 Å². The quantitative estimate of drug-likeness (QED) is 0.736. The van der Waals surface area contributed by atoms with Crippen molar-refractivity contribution in [3.63, 3.8) is 0 Å². The lowest BCUT2D eigenvalue weighted by Gasteiger charge is -2.19. The molecule has 0 bridgehead atoms. The number of hydrogen-bond acceptors (Lipinski definition) is 3. The first-order chi connectivity index (χ1) is 8.10. The van der Waals surface area contributed by atoms with E-state index in [1.807, 2.05) is 26.0 Å². The highest BCUT2D eigenvalue weighted by Crippen LogP contribution is 2.18. The summed E-state index contributed by atoms with van der Waals surface area (Å²) in [4.78, 5) is 4.37. The first kappa shape index (κ1) is 13.7. The molecule has 3 heteroatoms. The third kappa shape index (κ3) is 3.55. The van der Waals surface area contributed by atoms with Crippen LogP contribution in [0.1, 0.15) is 46.1 Å². The second-order valence-corrected chi connectivity index (χ2v) is 4.63. The van der Waals surface area contributed by atoms with Crippen molar-refractivity contribution < 1.29 is 0 Å². The molecule has 94 valence electrons. The lowest BCUT2D eigenvalue weighted by atomic mass is 10.0. The third-order valence-electron chi connectivity index (χ3n) is 3.00. The molecule has 1 aromatic heterocycles. The van der Waals surface area contributed by atoms with Crippen LogP contribution in [0.3, 0.4) is 0 Å². The number of hydrogen-bond donors (Lipinski definition) is 2. The summed E-state index contributed by atoms with van der Waals surface area (Å²) in [6, 6.07) is 4.30. The smallest absolute Gasteiger partial charge is 0.135 e. The predicted octanol–water partition coefficient (Wildman–Crippen LogP) is 3.71. The lowest BCUT2D eigenvalue weighted by Crippen LogP contribution is -2.21. The molecule has 1 aromatic rings. The predicted molar refractivity (Wildman–Crippen MR) is 73.9 cm³/mol. The molecule has 0 aromatic carbocycles. The molecule has 0 atom stereocenters. The van der Waals surface area contributed by atoms with Crippen molar-refractivity contribution >= 4 is 11.5 Å². The Morgan fingerprint density at radius 1 is 1.35 bits per heavy atom. The molecule has 0 unspecified atom stereocenters. The molecule has 1 rings (SSSR count). The maximum absolute atomic E-state index is 8.10. The minimum atomic E-state index is 0.224. The van der Waals surface area contributed by atoms with E-state index >= 15 is 0 Å². The van der Waals surface area contributed by atoms with Gasteiger partial charge >= 0.3 is 0 Å². The van der Waals surface area contributed by atoms with Crippen LogP contribution in [-0.4, -0.2) is 16.7 Å². The van der Waals surface area contributed by atoms with Gasteiger partial charge in [0.25, 0.3) is 0 Å². The Balaban J connectivity index is 2.95. The lowest BCUT2D eigenvalue weighted by molar-refractivity contribution is 0.668. The van der Waals surface area contributed by atoms with Gasteiger partial charge in [-0.05, 0) is 30.9 Å². The van der Waals surface area contributed by atoms with E-state index in [-0.39, 0.29) is 5.92 Å². The Morgan fingerprint density at radius 3 is 2.53 bits per heavy atom. The number of pyridine rings is 1. The van der Waals surface area contributed by atoms with Crippen LogP contribution in [0, 0.1) is 11.3 Å². The van der Waals surface area contributed by atoms with Crippen molar-refractivity contribution in [1.29, 1.82) is 5.41 Å². The number of nitrogens with zero attached hydrogens (tertiary/aromatic N) is 1. The fourth-order valence-corrected chi connectivity index (χ4v) is 1.73. The van der Waals surface area contributed by atoms with Crippen molar-refractivity contribution in [1.82, 2.24) is 4.98 Å². The van der Waals surface area contributed by atoms with Crippen LogP contribution in [0.2, 0.25) is 0 Å². The molecule has 0 radical (unpaired) electrons. The molecule has 17 heavy (non-hydrogen) atoms.